The van der Waals surface area contributed by atoms with Gasteiger partial charge >= 0.3 is 5.97 Å². The van der Waals surface area contributed by atoms with Gasteiger partial charge in [-0.05, 0) is 101 Å². The Bertz CT molecular complexity index is 1880. The number of quaternary nitrogens is 1. The molecule has 0 aliphatic carbocycles. The topological polar surface area (TPSA) is 180 Å². The summed E-state index contributed by atoms with van der Waals surface area (Å²) < 4.78 is -1.15. The number of likely N-dealkylation sites (N-methyl/N-ethyl adjacent to an activating group) is 1. The Morgan fingerprint density at radius 3 is 1.00 bits per heavy atom. The molecule has 0 saturated carbocycles. The van der Waals surface area contributed by atoms with Crippen molar-refractivity contribution in [3.63, 3.8) is 0 Å². The first kappa shape index (κ1) is 73.7. The normalized spacial score (nSPS) is 14.9. The van der Waals surface area contributed by atoms with Crippen molar-refractivity contribution >= 4 is 40.7 Å². The van der Waals surface area contributed by atoms with Gasteiger partial charge < -0.3 is 19.8 Å². The number of aliphatic hydroxyl groups is 2. The molecule has 0 fully saturated rings. The summed E-state index contributed by atoms with van der Waals surface area (Å²) >= 11 is 0. The van der Waals surface area contributed by atoms with Crippen LogP contribution in [-0.2, 0) is 33.6 Å². The number of hydrogen-bond donors (Lipinski definition) is 3. The second kappa shape index (κ2) is 44.4. The Morgan fingerprint density at radius 2 is 0.667 bits per heavy atom. The van der Waals surface area contributed by atoms with Crippen molar-refractivity contribution < 1.29 is 53.4 Å². The lowest BCUT2D eigenvalue weighted by molar-refractivity contribution is -0.920. The number of ketones is 6. The molecule has 0 amide bonds. The third-order valence-corrected chi connectivity index (χ3v) is 15.2. The van der Waals surface area contributed by atoms with Gasteiger partial charge in [0.15, 0.2) is 17.3 Å². The number of carbonyl (C=O) groups is 7. The van der Waals surface area contributed by atoms with Gasteiger partial charge in [-0.1, -0.05) is 226 Å². The van der Waals surface area contributed by atoms with Gasteiger partial charge in [0.1, 0.15) is 12.3 Å². The molecular formula is C67H112NO10+. The highest BCUT2D eigenvalue weighted by Gasteiger charge is 2.84. The molecule has 0 heterocycles. The van der Waals surface area contributed by atoms with E-state index in [4.69, 9.17) is 0 Å². The van der Waals surface area contributed by atoms with E-state index >= 15 is 19.2 Å². The molecule has 0 aromatic heterocycles. The highest BCUT2D eigenvalue weighted by molar-refractivity contribution is 6.29. The van der Waals surface area contributed by atoms with Crippen molar-refractivity contribution in [3.05, 3.63) is 72.6 Å². The van der Waals surface area contributed by atoms with E-state index in [1.807, 2.05) is 6.92 Å². The van der Waals surface area contributed by atoms with Crippen molar-refractivity contribution in [1.29, 1.82) is 0 Å². The fraction of sp³-hybridized carbons (Fsp3) is 0.716. The number of hydrogen-bond acceptors (Lipinski definition) is 9. The molecule has 0 radical (unpaired) electrons. The number of allylic oxidation sites excluding steroid dienone is 7. The van der Waals surface area contributed by atoms with Gasteiger partial charge in [0, 0.05) is 12.5 Å². The maximum absolute atomic E-state index is 16.1. The summed E-state index contributed by atoms with van der Waals surface area (Å²) in [6, 6.07) is 0. The first-order valence-electron chi connectivity index (χ1n) is 31.2. The molecule has 3 atom stereocenters. The van der Waals surface area contributed by atoms with E-state index in [0.29, 0.717) is 63.9 Å². The standard InChI is InChI=1S/C67H111NO10/c1-9-15-21-27-32-38-44-50-58(70)56-68(7,8)66(60(72)52-46-40-34-29-23-17-11-3,61(73)53-47-41-35-30-24-18-12-4)67(78,62(74)54-48-42-36-31-25-19-13-5)65(64(76)77,59(71)51-45-39-33-28-22-16-10-2)63(75)55-57(69)49-43-37-26-20-14-6/h44-48,50-55,78H,9-43,49,56H2,1-8H3,(H-,69,75,76,77)/p+1/b50-44+,51-45+,52-46-,53-47+,54-48+. The molecule has 444 valence electrons. The monoisotopic (exact) mass is 1090 g/mol. The Balaban J connectivity index is 9.36. The van der Waals surface area contributed by atoms with Gasteiger partial charge in [0.2, 0.25) is 28.4 Å². The van der Waals surface area contributed by atoms with Crippen LogP contribution in [0.15, 0.2) is 72.6 Å². The van der Waals surface area contributed by atoms with Crippen LogP contribution < -0.4 is 0 Å². The van der Waals surface area contributed by atoms with E-state index in [1.165, 1.54) is 44.5 Å². The fourth-order valence-electron chi connectivity index (χ4n) is 10.6. The van der Waals surface area contributed by atoms with E-state index in [1.54, 1.807) is 6.08 Å². The van der Waals surface area contributed by atoms with Crippen LogP contribution in [0.2, 0.25) is 0 Å². The predicted octanol–water partition coefficient (Wildman–Crippen LogP) is 16.4. The summed E-state index contributed by atoms with van der Waals surface area (Å²) in [6.07, 6.45) is 41.3. The number of carboxylic acid groups (broad SMARTS) is 1. The van der Waals surface area contributed by atoms with Crippen molar-refractivity contribution in [2.75, 3.05) is 20.6 Å². The summed E-state index contributed by atoms with van der Waals surface area (Å²) in [5, 5.41) is 39.2. The van der Waals surface area contributed by atoms with Crippen molar-refractivity contribution in [2.45, 2.75) is 284 Å². The Hall–Kier alpha value is -4.35. The number of aliphatic carboxylic acids is 1. The van der Waals surface area contributed by atoms with Crippen LogP contribution in [0.4, 0.5) is 0 Å². The zero-order valence-corrected chi connectivity index (χ0v) is 50.7. The molecular weight excluding hydrogens is 979 g/mol. The molecule has 78 heavy (non-hydrogen) atoms. The minimum atomic E-state index is -4.05. The molecule has 0 aromatic carbocycles. The third-order valence-electron chi connectivity index (χ3n) is 15.2. The largest absolute Gasteiger partial charge is 0.510 e. The lowest BCUT2D eigenvalue weighted by atomic mass is 9.53. The van der Waals surface area contributed by atoms with E-state index in [9.17, 15) is 29.7 Å². The Morgan fingerprint density at radius 1 is 0.372 bits per heavy atom. The fourth-order valence-corrected chi connectivity index (χ4v) is 10.6. The number of carboxylic acids is 1. The molecule has 11 nitrogen and oxygen atoms in total. The molecule has 0 saturated heterocycles. The van der Waals surface area contributed by atoms with Gasteiger partial charge in [-0.3, -0.25) is 33.6 Å². The van der Waals surface area contributed by atoms with Crippen LogP contribution in [0.1, 0.15) is 273 Å². The second-order valence-corrected chi connectivity index (χ2v) is 22.4. The summed E-state index contributed by atoms with van der Waals surface area (Å²) in [6.45, 7) is 11.8. The quantitative estimate of drug-likeness (QED) is 0.0174. The molecule has 0 aliphatic heterocycles. The second-order valence-electron chi connectivity index (χ2n) is 22.4. The van der Waals surface area contributed by atoms with Crippen LogP contribution in [-0.4, -0.2) is 92.3 Å². The van der Waals surface area contributed by atoms with Gasteiger partial charge in [0.25, 0.3) is 5.54 Å². The molecule has 0 bridgehead atoms. The summed E-state index contributed by atoms with van der Waals surface area (Å²) in [4.78, 5) is 107. The van der Waals surface area contributed by atoms with Crippen LogP contribution in [0.3, 0.4) is 0 Å². The molecule has 11 heteroatoms. The zero-order chi connectivity index (χ0) is 58.6. The van der Waals surface area contributed by atoms with E-state index in [0.717, 1.165) is 178 Å². The van der Waals surface area contributed by atoms with Crippen LogP contribution in [0.5, 0.6) is 0 Å². The van der Waals surface area contributed by atoms with Crippen molar-refractivity contribution in [1.82, 2.24) is 0 Å². The number of nitrogens with zero attached hydrogens (tertiary/aromatic N) is 1. The summed E-state index contributed by atoms with van der Waals surface area (Å²) in [5.41, 5.74) is -11.3. The smallest absolute Gasteiger partial charge is 0.329 e. The maximum atomic E-state index is 16.1. The number of unbranched alkanes of at least 4 members (excludes halogenated alkanes) is 29. The average Bonchev–Trinajstić information content (AvgIpc) is 3.40. The molecule has 0 aromatic rings. The first-order valence-corrected chi connectivity index (χ1v) is 31.2. The van der Waals surface area contributed by atoms with Gasteiger partial charge in [-0.15, -0.1) is 0 Å². The lowest BCUT2D eigenvalue weighted by Gasteiger charge is -2.55. The zero-order valence-electron chi connectivity index (χ0n) is 50.7. The Labute approximate surface area is 474 Å². The summed E-state index contributed by atoms with van der Waals surface area (Å²) in [7, 11) is 2.62. The minimum Gasteiger partial charge on any atom is -0.510 e. The van der Waals surface area contributed by atoms with E-state index in [-0.39, 0.29) is 19.3 Å². The number of rotatable bonds is 53. The molecule has 0 aliphatic rings. The summed E-state index contributed by atoms with van der Waals surface area (Å²) in [5.74, 6) is -10.6. The van der Waals surface area contributed by atoms with Gasteiger partial charge in [-0.2, -0.15) is 0 Å². The average molecular weight is 1090 g/mol. The van der Waals surface area contributed by atoms with E-state index in [2.05, 4.69) is 34.6 Å². The van der Waals surface area contributed by atoms with Gasteiger partial charge in [-0.25, -0.2) is 0 Å². The SMILES string of the molecule is CCCCCCC/C=C\C(=O)C(C(=O)/C=C/CCCCCCC)(C(O)(C(=O)/C=C/CCCCCCC)C(C(=O)O)(C(=O)/C=C/CCCCCCC)/C(O)=C/C(=O)CCCCCCC)[N+](C)(C)CC(=O)/C=C/CCCCCCC. The van der Waals surface area contributed by atoms with Crippen molar-refractivity contribution in [3.8, 4) is 0 Å². The van der Waals surface area contributed by atoms with Crippen LogP contribution in [0, 0.1) is 5.41 Å². The maximum Gasteiger partial charge on any atom is 0.329 e. The highest BCUT2D eigenvalue weighted by atomic mass is 16.4. The van der Waals surface area contributed by atoms with E-state index < -0.39 is 74.0 Å². The number of carbonyl (C=O) groups excluding carboxylic acids is 6. The third kappa shape index (κ3) is 25.0. The van der Waals surface area contributed by atoms with Crippen LogP contribution in [0.25, 0.3) is 0 Å². The minimum absolute atomic E-state index is 0.165. The Kier molecular flexibility index (Phi) is 41.9. The molecule has 3 unspecified atom stereocenters. The molecule has 0 spiro atoms. The predicted molar refractivity (Wildman–Crippen MR) is 321 cm³/mol. The van der Waals surface area contributed by atoms with Crippen LogP contribution >= 0.6 is 0 Å². The van der Waals surface area contributed by atoms with Crippen molar-refractivity contribution in [2.24, 2.45) is 5.41 Å². The first-order chi connectivity index (χ1) is 37.4. The molecule has 0 rings (SSSR count). The highest BCUT2D eigenvalue weighted by Crippen LogP contribution is 2.52. The van der Waals surface area contributed by atoms with Gasteiger partial charge in [0.05, 0.1) is 14.1 Å². The molecule has 3 N–H and O–H groups in total. The lowest BCUT2D eigenvalue weighted by Crippen LogP contribution is -2.86. The number of aliphatic hydroxyl groups excluding tert-OH is 1.